The first-order valence-electron chi connectivity index (χ1n) is 10.8. The zero-order valence-corrected chi connectivity index (χ0v) is 17.6. The largest absolute Gasteiger partial charge is 0.433 e. The Kier molecular flexibility index (Phi) is 5.19. The van der Waals surface area contributed by atoms with Crippen LogP contribution in [0.15, 0.2) is 36.5 Å². The third-order valence-corrected chi connectivity index (χ3v) is 6.31. The first-order valence-corrected chi connectivity index (χ1v) is 10.8. The standard InChI is InChI=1S/C23H21F3N6O/c24-23(25,26)20-4-2-16(11-28-20)32-6-5-15(12-32)29-21(33)9-14-8-17(14)22-30-18-3-1-13(10-27)7-19(18)31-22/h1-4,7,11,14-15,17H,5-6,8-9,12H2,(H,29,33)(H,30,31)/t14-,15+,17+/m0/s1. The van der Waals surface area contributed by atoms with Crippen LogP contribution in [-0.4, -0.2) is 40.0 Å². The van der Waals surface area contributed by atoms with Gasteiger partial charge >= 0.3 is 6.18 Å². The van der Waals surface area contributed by atoms with Crippen LogP contribution in [0.3, 0.4) is 0 Å². The van der Waals surface area contributed by atoms with E-state index in [1.54, 1.807) is 12.1 Å². The second-order valence-electron chi connectivity index (χ2n) is 8.67. The summed E-state index contributed by atoms with van der Waals surface area (Å²) >= 11 is 0. The number of alkyl halides is 3. The van der Waals surface area contributed by atoms with E-state index in [1.165, 1.54) is 12.3 Å². The van der Waals surface area contributed by atoms with Gasteiger partial charge in [0.15, 0.2) is 0 Å². The number of hydrogen-bond acceptors (Lipinski definition) is 5. The molecule has 7 nitrogen and oxygen atoms in total. The first-order chi connectivity index (χ1) is 15.8. The van der Waals surface area contributed by atoms with E-state index in [9.17, 15) is 18.0 Å². The third kappa shape index (κ3) is 4.49. The number of anilines is 1. The Morgan fingerprint density at radius 3 is 2.88 bits per heavy atom. The lowest BCUT2D eigenvalue weighted by Crippen LogP contribution is -2.37. The Morgan fingerprint density at radius 1 is 1.30 bits per heavy atom. The summed E-state index contributed by atoms with van der Waals surface area (Å²) in [7, 11) is 0. The fourth-order valence-corrected chi connectivity index (χ4v) is 4.46. The number of pyridine rings is 1. The van der Waals surface area contributed by atoms with Gasteiger partial charge in [-0.15, -0.1) is 0 Å². The number of hydrogen-bond donors (Lipinski definition) is 2. The normalized spacial score (nSPS) is 22.4. The number of nitrogens with zero attached hydrogens (tertiary/aromatic N) is 4. The smallest absolute Gasteiger partial charge is 0.368 e. The molecule has 2 aromatic heterocycles. The molecule has 33 heavy (non-hydrogen) atoms. The van der Waals surface area contributed by atoms with Gasteiger partial charge in [-0.1, -0.05) is 0 Å². The van der Waals surface area contributed by atoms with Crippen LogP contribution in [0.2, 0.25) is 0 Å². The molecule has 1 aliphatic carbocycles. The molecule has 170 valence electrons. The van der Waals surface area contributed by atoms with E-state index in [-0.39, 0.29) is 23.8 Å². The van der Waals surface area contributed by atoms with Crippen LogP contribution >= 0.6 is 0 Å². The Hall–Kier alpha value is -3.61. The molecule has 1 aliphatic heterocycles. The van der Waals surface area contributed by atoms with Crippen LogP contribution in [0, 0.1) is 17.2 Å². The van der Waals surface area contributed by atoms with Crippen LogP contribution in [0.4, 0.5) is 18.9 Å². The zero-order chi connectivity index (χ0) is 23.2. The number of aromatic amines is 1. The van der Waals surface area contributed by atoms with Crippen molar-refractivity contribution in [2.45, 2.75) is 37.4 Å². The molecule has 10 heteroatoms. The highest BCUT2D eigenvalue weighted by atomic mass is 19.4. The van der Waals surface area contributed by atoms with Crippen molar-refractivity contribution in [3.63, 3.8) is 0 Å². The molecule has 1 aromatic carbocycles. The van der Waals surface area contributed by atoms with Crippen LogP contribution in [0.1, 0.15) is 42.3 Å². The quantitative estimate of drug-likeness (QED) is 0.612. The second kappa shape index (κ2) is 8.06. The van der Waals surface area contributed by atoms with Crippen molar-refractivity contribution >= 4 is 22.6 Å². The fraction of sp³-hybridized carbons (Fsp3) is 0.391. The molecule has 0 bridgehead atoms. The number of halogens is 3. The van der Waals surface area contributed by atoms with Gasteiger partial charge in [0.1, 0.15) is 11.5 Å². The topological polar surface area (TPSA) is 97.7 Å². The molecule has 0 spiro atoms. The summed E-state index contributed by atoms with van der Waals surface area (Å²) in [6, 6.07) is 9.79. The van der Waals surface area contributed by atoms with E-state index in [4.69, 9.17) is 5.26 Å². The molecule has 1 saturated heterocycles. The summed E-state index contributed by atoms with van der Waals surface area (Å²) in [6.07, 6.45) is -1.21. The maximum absolute atomic E-state index is 12.7. The van der Waals surface area contributed by atoms with Crippen molar-refractivity contribution in [3.8, 4) is 6.07 Å². The average Bonchev–Trinajstić information content (AvgIpc) is 3.19. The predicted octanol–water partition coefficient (Wildman–Crippen LogP) is 3.74. The number of benzene rings is 1. The summed E-state index contributed by atoms with van der Waals surface area (Å²) in [6.45, 7) is 1.19. The number of rotatable bonds is 5. The van der Waals surface area contributed by atoms with Crippen molar-refractivity contribution in [3.05, 3.63) is 53.6 Å². The number of imidazole rings is 1. The lowest BCUT2D eigenvalue weighted by atomic mass is 10.2. The Balaban J connectivity index is 1.12. The molecule has 0 unspecified atom stereocenters. The highest BCUT2D eigenvalue weighted by Gasteiger charge is 2.42. The van der Waals surface area contributed by atoms with Crippen molar-refractivity contribution in [2.75, 3.05) is 18.0 Å². The van der Waals surface area contributed by atoms with Crippen molar-refractivity contribution < 1.29 is 18.0 Å². The summed E-state index contributed by atoms with van der Waals surface area (Å²) < 4.78 is 38.1. The number of aromatic nitrogens is 3. The zero-order valence-electron chi connectivity index (χ0n) is 17.6. The molecule has 1 amide bonds. The molecule has 3 atom stereocenters. The van der Waals surface area contributed by atoms with Gasteiger partial charge in [-0.25, -0.2) is 9.97 Å². The first kappa shape index (κ1) is 21.2. The maximum Gasteiger partial charge on any atom is 0.433 e. The van der Waals surface area contributed by atoms with Crippen molar-refractivity contribution in [1.29, 1.82) is 5.26 Å². The monoisotopic (exact) mass is 454 g/mol. The molecule has 2 N–H and O–H groups in total. The number of H-pyrrole nitrogens is 1. The summed E-state index contributed by atoms with van der Waals surface area (Å²) in [4.78, 5) is 25.9. The van der Waals surface area contributed by atoms with Crippen LogP contribution < -0.4 is 10.2 Å². The Morgan fingerprint density at radius 2 is 2.15 bits per heavy atom. The lowest BCUT2D eigenvalue weighted by molar-refractivity contribution is -0.141. The van der Waals surface area contributed by atoms with Gasteiger partial charge < -0.3 is 15.2 Å². The Labute approximate surface area is 187 Å². The number of carbonyl (C=O) groups is 1. The fourth-order valence-electron chi connectivity index (χ4n) is 4.46. The minimum Gasteiger partial charge on any atom is -0.368 e. The van der Waals surface area contributed by atoms with Gasteiger partial charge in [0.25, 0.3) is 0 Å². The van der Waals surface area contributed by atoms with Gasteiger partial charge in [0.2, 0.25) is 5.91 Å². The minimum atomic E-state index is -4.46. The summed E-state index contributed by atoms with van der Waals surface area (Å²) in [5, 5.41) is 12.1. The Bertz CT molecular complexity index is 1230. The van der Waals surface area contributed by atoms with Gasteiger partial charge in [0, 0.05) is 31.5 Å². The van der Waals surface area contributed by atoms with Crippen LogP contribution in [0.25, 0.3) is 11.0 Å². The van der Waals surface area contributed by atoms with E-state index < -0.39 is 11.9 Å². The van der Waals surface area contributed by atoms with Crippen LogP contribution in [0.5, 0.6) is 0 Å². The van der Waals surface area contributed by atoms with Crippen LogP contribution in [-0.2, 0) is 11.0 Å². The molecule has 1 saturated carbocycles. The molecular formula is C23H21F3N6O. The van der Waals surface area contributed by atoms with E-state index >= 15 is 0 Å². The maximum atomic E-state index is 12.7. The van der Waals surface area contributed by atoms with E-state index in [0.717, 1.165) is 35.8 Å². The van der Waals surface area contributed by atoms with E-state index in [1.807, 2.05) is 11.0 Å². The third-order valence-electron chi connectivity index (χ3n) is 6.31. The van der Waals surface area contributed by atoms with E-state index in [2.05, 4.69) is 26.3 Å². The lowest BCUT2D eigenvalue weighted by Gasteiger charge is -2.19. The summed E-state index contributed by atoms with van der Waals surface area (Å²) in [5.41, 5.74) is 1.89. The molecule has 0 radical (unpaired) electrons. The number of carbonyl (C=O) groups excluding carboxylic acids is 1. The van der Waals surface area contributed by atoms with Gasteiger partial charge in [-0.05, 0) is 49.1 Å². The molecule has 3 heterocycles. The summed E-state index contributed by atoms with van der Waals surface area (Å²) in [5.74, 6) is 1.24. The number of nitriles is 1. The molecule has 2 fully saturated rings. The number of fused-ring (bicyclic) bond motifs is 1. The number of amides is 1. The van der Waals surface area contributed by atoms with Gasteiger partial charge in [-0.3, -0.25) is 4.79 Å². The number of nitrogens with one attached hydrogen (secondary N) is 2. The highest BCUT2D eigenvalue weighted by Crippen LogP contribution is 2.48. The molecule has 3 aromatic rings. The molecule has 2 aliphatic rings. The highest BCUT2D eigenvalue weighted by molar-refractivity contribution is 5.78. The SMILES string of the molecule is N#Cc1ccc2[nH]c([C@@H]3C[C@H]3CC(=O)N[C@@H]3CCN(c4ccc(C(F)(F)F)nc4)C3)nc2c1. The minimum absolute atomic E-state index is 0.0252. The average molecular weight is 454 g/mol. The second-order valence-corrected chi connectivity index (χ2v) is 8.67. The van der Waals surface area contributed by atoms with Crippen molar-refractivity contribution in [2.24, 2.45) is 5.92 Å². The van der Waals surface area contributed by atoms with E-state index in [0.29, 0.717) is 30.8 Å². The van der Waals surface area contributed by atoms with Gasteiger partial charge in [-0.2, -0.15) is 18.4 Å². The molecular weight excluding hydrogens is 433 g/mol. The van der Waals surface area contributed by atoms with Crippen molar-refractivity contribution in [1.82, 2.24) is 20.3 Å². The molecule has 5 rings (SSSR count). The predicted molar refractivity (Wildman–Crippen MR) is 114 cm³/mol. The van der Waals surface area contributed by atoms with Gasteiger partial charge in [0.05, 0.1) is 34.6 Å².